The number of benzene rings is 2. The van der Waals surface area contributed by atoms with Gasteiger partial charge in [0.1, 0.15) is 11.5 Å². The Labute approximate surface area is 243 Å². The van der Waals surface area contributed by atoms with Crippen LogP contribution in [0.2, 0.25) is 0 Å². The number of aryl methyl sites for hydroxylation is 1. The molecular formula is C33H45N2O4S+. The van der Waals surface area contributed by atoms with Gasteiger partial charge in [0, 0.05) is 11.3 Å². The molecule has 0 saturated carbocycles. The minimum absolute atomic E-state index is 0.0940. The number of amides is 1. The van der Waals surface area contributed by atoms with Gasteiger partial charge < -0.3 is 14.8 Å². The molecule has 7 heteroatoms. The second-order valence-corrected chi connectivity index (χ2v) is 11.5. The molecule has 1 heterocycles. The summed E-state index contributed by atoms with van der Waals surface area (Å²) >= 11 is 1.70. The Hall–Kier alpha value is -3.19. The largest absolute Gasteiger partial charge is 0.493 e. The number of carbonyl (C=O) groups is 2. The Bertz CT molecular complexity index is 1210. The number of thiazole rings is 1. The fourth-order valence-electron chi connectivity index (χ4n) is 4.60. The van der Waals surface area contributed by atoms with Crippen molar-refractivity contribution in [2.24, 2.45) is 0 Å². The number of ether oxygens (including phenoxy) is 2. The fraction of sp³-hybridized carbons (Fsp3) is 0.485. The van der Waals surface area contributed by atoms with Crippen LogP contribution in [-0.4, -0.2) is 24.9 Å². The van der Waals surface area contributed by atoms with Gasteiger partial charge in [0.05, 0.1) is 17.0 Å². The Morgan fingerprint density at radius 1 is 0.900 bits per heavy atom. The molecule has 0 aliphatic carbocycles. The topological polar surface area (TPSA) is 68.5 Å². The highest BCUT2D eigenvalue weighted by Gasteiger charge is 2.12. The van der Waals surface area contributed by atoms with Crippen molar-refractivity contribution in [3.63, 3.8) is 0 Å². The number of hydrogen-bond acceptors (Lipinski definition) is 5. The highest BCUT2D eigenvalue weighted by atomic mass is 32.1. The van der Waals surface area contributed by atoms with Gasteiger partial charge in [-0.2, -0.15) is 4.57 Å². The molecule has 0 radical (unpaired) electrons. The molecule has 0 unspecified atom stereocenters. The first-order chi connectivity index (χ1) is 19.4. The zero-order valence-corrected chi connectivity index (χ0v) is 25.2. The lowest BCUT2D eigenvalue weighted by atomic mass is 10.1. The summed E-state index contributed by atoms with van der Waals surface area (Å²) in [5.41, 5.74) is 4.37. The molecule has 0 fully saturated rings. The van der Waals surface area contributed by atoms with E-state index in [0.717, 1.165) is 30.6 Å². The van der Waals surface area contributed by atoms with Crippen LogP contribution in [0.4, 0.5) is 5.69 Å². The molecule has 2 aromatic carbocycles. The number of hydrogen-bond donors (Lipinski definition) is 1. The fourth-order valence-corrected chi connectivity index (χ4v) is 5.24. The highest BCUT2D eigenvalue weighted by Crippen LogP contribution is 2.25. The van der Waals surface area contributed by atoms with E-state index in [0.29, 0.717) is 23.7 Å². The van der Waals surface area contributed by atoms with Crippen LogP contribution >= 0.6 is 11.3 Å². The first kappa shape index (κ1) is 31.3. The summed E-state index contributed by atoms with van der Waals surface area (Å²) in [4.78, 5) is 26.0. The zero-order chi connectivity index (χ0) is 28.6. The minimum Gasteiger partial charge on any atom is -0.493 e. The second-order valence-electron chi connectivity index (χ2n) is 10.4. The van der Waals surface area contributed by atoms with Crippen molar-refractivity contribution in [3.05, 3.63) is 70.2 Å². The SMILES string of the molecule is CCCCCCCCCCCCOc1ccc(OCC(=O)Nc2cccc(C[n+]3csc(C)c3)c2)cc1C(C)=O. The number of carbonyl (C=O) groups excluding carboxylic acids is 2. The monoisotopic (exact) mass is 565 g/mol. The van der Waals surface area contributed by atoms with Gasteiger partial charge in [-0.3, -0.25) is 9.59 Å². The molecule has 0 bridgehead atoms. The van der Waals surface area contributed by atoms with Crippen molar-refractivity contribution in [2.45, 2.75) is 91.5 Å². The first-order valence-electron chi connectivity index (χ1n) is 14.7. The van der Waals surface area contributed by atoms with E-state index in [9.17, 15) is 9.59 Å². The molecule has 1 amide bonds. The van der Waals surface area contributed by atoms with Crippen molar-refractivity contribution in [3.8, 4) is 11.5 Å². The Kier molecular flexibility index (Phi) is 13.7. The minimum atomic E-state index is -0.262. The van der Waals surface area contributed by atoms with Gasteiger partial charge in [-0.05, 0) is 50.6 Å². The van der Waals surface area contributed by atoms with E-state index in [1.807, 2.05) is 24.3 Å². The standard InChI is InChI=1S/C33H44N2O4S/c1-4-5-6-7-8-9-10-11-12-13-19-38-32-18-17-30(21-31(32)27(3)36)39-24-33(37)34-29-16-14-15-28(20-29)23-35-22-26(2)40-25-35/h14-18,20-22,25H,4-13,19,23-24H2,1-3H3/p+1. The van der Waals surface area contributed by atoms with Gasteiger partial charge in [-0.25, -0.2) is 0 Å². The average molecular weight is 566 g/mol. The van der Waals surface area contributed by atoms with Crippen molar-refractivity contribution in [1.29, 1.82) is 0 Å². The van der Waals surface area contributed by atoms with Gasteiger partial charge in [-0.1, -0.05) is 88.2 Å². The molecule has 3 aromatic rings. The molecular weight excluding hydrogens is 520 g/mol. The van der Waals surface area contributed by atoms with E-state index in [1.165, 1.54) is 63.2 Å². The van der Waals surface area contributed by atoms with Crippen LogP contribution in [0.15, 0.2) is 54.2 Å². The number of unbranched alkanes of at least 4 members (excludes halogenated alkanes) is 9. The number of aromatic nitrogens is 1. The first-order valence-corrected chi connectivity index (χ1v) is 15.6. The number of ketones is 1. The van der Waals surface area contributed by atoms with E-state index in [-0.39, 0.29) is 18.3 Å². The van der Waals surface area contributed by atoms with Crippen molar-refractivity contribution >= 4 is 28.7 Å². The zero-order valence-electron chi connectivity index (χ0n) is 24.4. The summed E-state index contributed by atoms with van der Waals surface area (Å²) < 4.78 is 13.8. The predicted octanol–water partition coefficient (Wildman–Crippen LogP) is 7.91. The van der Waals surface area contributed by atoms with Crippen LogP contribution in [0.3, 0.4) is 0 Å². The molecule has 0 saturated heterocycles. The van der Waals surface area contributed by atoms with E-state index >= 15 is 0 Å². The predicted molar refractivity (Wildman–Crippen MR) is 163 cm³/mol. The van der Waals surface area contributed by atoms with Crippen molar-refractivity contribution in [2.75, 3.05) is 18.5 Å². The summed E-state index contributed by atoms with van der Waals surface area (Å²) in [5, 5.41) is 2.89. The third kappa shape index (κ3) is 11.5. The molecule has 6 nitrogen and oxygen atoms in total. The Balaban J connectivity index is 1.39. The van der Waals surface area contributed by atoms with Crippen molar-refractivity contribution in [1.82, 2.24) is 0 Å². The molecule has 0 atom stereocenters. The smallest absolute Gasteiger partial charge is 0.262 e. The summed E-state index contributed by atoms with van der Waals surface area (Å²) in [7, 11) is 0. The second kappa shape index (κ2) is 17.5. The van der Waals surface area contributed by atoms with Crippen LogP contribution in [0, 0.1) is 6.92 Å². The molecule has 216 valence electrons. The van der Waals surface area contributed by atoms with E-state index < -0.39 is 0 Å². The maximum absolute atomic E-state index is 12.5. The van der Waals surface area contributed by atoms with E-state index in [4.69, 9.17) is 9.47 Å². The lowest BCUT2D eigenvalue weighted by molar-refractivity contribution is -0.683. The molecule has 0 aliphatic heterocycles. The van der Waals surface area contributed by atoms with Crippen molar-refractivity contribution < 1.29 is 23.6 Å². The third-order valence-corrected chi connectivity index (χ3v) is 7.61. The lowest BCUT2D eigenvalue weighted by Gasteiger charge is -2.13. The summed E-state index contributed by atoms with van der Waals surface area (Å²) in [5.74, 6) is 0.672. The van der Waals surface area contributed by atoms with Crippen LogP contribution in [-0.2, 0) is 11.3 Å². The Morgan fingerprint density at radius 3 is 2.30 bits per heavy atom. The van der Waals surface area contributed by atoms with E-state index in [1.54, 1.807) is 29.5 Å². The number of anilines is 1. The third-order valence-electron chi connectivity index (χ3n) is 6.75. The van der Waals surface area contributed by atoms with Crippen LogP contribution in [0.1, 0.15) is 98.9 Å². The van der Waals surface area contributed by atoms with Gasteiger partial charge in [0.15, 0.2) is 25.1 Å². The molecule has 0 spiro atoms. The summed E-state index contributed by atoms with van der Waals surface area (Å²) in [6.45, 7) is 7.02. The maximum atomic E-state index is 12.5. The van der Waals surface area contributed by atoms with Gasteiger partial charge >= 0.3 is 0 Å². The molecule has 1 aromatic heterocycles. The normalized spacial score (nSPS) is 10.9. The van der Waals surface area contributed by atoms with Crippen LogP contribution < -0.4 is 19.4 Å². The Morgan fingerprint density at radius 2 is 1.62 bits per heavy atom. The number of Topliss-reactive ketones (excluding diaryl/α,β-unsaturated/α-hetero) is 1. The van der Waals surface area contributed by atoms with Gasteiger partial charge in [0.25, 0.3) is 5.91 Å². The number of nitrogens with one attached hydrogen (secondary N) is 1. The molecule has 40 heavy (non-hydrogen) atoms. The molecule has 3 rings (SSSR count). The van der Waals surface area contributed by atoms with Gasteiger partial charge in [0.2, 0.25) is 5.51 Å². The lowest BCUT2D eigenvalue weighted by Crippen LogP contribution is -2.30. The van der Waals surface area contributed by atoms with Gasteiger partial charge in [-0.15, -0.1) is 0 Å². The number of rotatable bonds is 19. The molecule has 0 aliphatic rings. The summed E-state index contributed by atoms with van der Waals surface area (Å²) in [6.07, 6.45) is 14.8. The highest BCUT2D eigenvalue weighted by molar-refractivity contribution is 7.09. The van der Waals surface area contributed by atoms with E-state index in [2.05, 4.69) is 35.4 Å². The quantitative estimate of drug-likeness (QED) is 0.0911. The average Bonchev–Trinajstić information content (AvgIpc) is 3.35. The molecule has 1 N–H and O–H groups in total. The van der Waals surface area contributed by atoms with Crippen LogP contribution in [0.25, 0.3) is 0 Å². The summed E-state index contributed by atoms with van der Waals surface area (Å²) in [6, 6.07) is 13.0. The van der Waals surface area contributed by atoms with Crippen LogP contribution in [0.5, 0.6) is 11.5 Å². The number of nitrogens with zero attached hydrogens (tertiary/aromatic N) is 1. The maximum Gasteiger partial charge on any atom is 0.262 e.